The number of carbonyl (C=O) groups is 1. The monoisotopic (exact) mass is 352 g/mol. The maximum Gasteiger partial charge on any atom is 0.235 e. The Morgan fingerprint density at radius 1 is 1.30 bits per heavy atom. The van der Waals surface area contributed by atoms with Gasteiger partial charge < -0.3 is 10.2 Å². The van der Waals surface area contributed by atoms with Gasteiger partial charge in [-0.3, -0.25) is 4.79 Å². The first kappa shape index (κ1) is 13.7. The van der Waals surface area contributed by atoms with E-state index >= 15 is 0 Å². The minimum atomic E-state index is -0.514. The predicted molar refractivity (Wildman–Crippen MR) is 84.8 cm³/mol. The second kappa shape index (κ2) is 4.64. The van der Waals surface area contributed by atoms with Crippen molar-refractivity contribution >= 4 is 39.1 Å². The number of hydrogen-bond donors (Lipinski definition) is 1. The second-order valence-electron chi connectivity index (χ2n) is 5.50. The second-order valence-corrected chi connectivity index (χ2v) is 6.95. The Hall–Kier alpha value is -1.26. The van der Waals surface area contributed by atoms with Crippen LogP contribution in [0.3, 0.4) is 0 Å². The third-order valence-electron chi connectivity index (χ3n) is 3.75. The highest BCUT2D eigenvalue weighted by Gasteiger charge is 2.43. The zero-order valence-electron chi connectivity index (χ0n) is 11.2. The summed E-state index contributed by atoms with van der Waals surface area (Å²) in [7, 11) is 0. The van der Waals surface area contributed by atoms with Crippen molar-refractivity contribution in [2.75, 3.05) is 11.4 Å². The molecule has 0 fully saturated rings. The van der Waals surface area contributed by atoms with E-state index in [1.54, 1.807) is 0 Å². The maximum atomic E-state index is 12.2. The van der Waals surface area contributed by atoms with Crippen LogP contribution < -0.4 is 10.2 Å². The van der Waals surface area contributed by atoms with Crippen molar-refractivity contribution in [3.8, 4) is 0 Å². The van der Waals surface area contributed by atoms with Crippen molar-refractivity contribution in [2.45, 2.75) is 13.8 Å². The predicted octanol–water partition coefficient (Wildman–Crippen LogP) is 3.81. The number of hydrogen-bond acceptors (Lipinski definition) is 2. The molecule has 3 nitrogen and oxygen atoms in total. The van der Waals surface area contributed by atoms with Gasteiger partial charge in [0.15, 0.2) is 0 Å². The Labute approximate surface area is 131 Å². The molecular weight excluding hydrogens is 340 g/mol. The topological polar surface area (TPSA) is 32.3 Å². The van der Waals surface area contributed by atoms with E-state index in [4.69, 9.17) is 11.6 Å². The average molecular weight is 354 g/mol. The zero-order valence-corrected chi connectivity index (χ0v) is 13.5. The molecule has 3 rings (SSSR count). The molecule has 2 heterocycles. The lowest BCUT2D eigenvalue weighted by atomic mass is 9.85. The quantitative estimate of drug-likeness (QED) is 0.833. The van der Waals surface area contributed by atoms with E-state index in [-0.39, 0.29) is 5.91 Å². The molecule has 0 unspecified atom stereocenters. The van der Waals surface area contributed by atoms with Crippen molar-refractivity contribution in [3.05, 3.63) is 51.2 Å². The molecule has 1 amide bonds. The summed E-state index contributed by atoms with van der Waals surface area (Å²) in [4.78, 5) is 14.2. The van der Waals surface area contributed by atoms with Gasteiger partial charge in [-0.2, -0.15) is 0 Å². The highest BCUT2D eigenvalue weighted by atomic mass is 79.9. The van der Waals surface area contributed by atoms with Crippen molar-refractivity contribution in [1.82, 2.24) is 5.32 Å². The average Bonchev–Trinajstić information content (AvgIpc) is 2.62. The molecule has 1 aromatic carbocycles. The van der Waals surface area contributed by atoms with Gasteiger partial charge in [0, 0.05) is 20.8 Å². The molecule has 0 aromatic heterocycles. The van der Waals surface area contributed by atoms with E-state index in [9.17, 15) is 4.79 Å². The van der Waals surface area contributed by atoms with Crippen LogP contribution in [-0.2, 0) is 4.79 Å². The lowest BCUT2D eigenvalue weighted by Gasteiger charge is -2.30. The largest absolute Gasteiger partial charge is 0.323 e. The highest BCUT2D eigenvalue weighted by Crippen LogP contribution is 2.41. The zero-order chi connectivity index (χ0) is 14.5. The molecule has 5 heteroatoms. The van der Waals surface area contributed by atoms with Gasteiger partial charge in [-0.15, -0.1) is 0 Å². The Kier molecular flexibility index (Phi) is 3.18. The lowest BCUT2D eigenvalue weighted by molar-refractivity contribution is -0.125. The highest BCUT2D eigenvalue weighted by molar-refractivity contribution is 9.11. The summed E-state index contributed by atoms with van der Waals surface area (Å²) in [6.45, 7) is 4.57. The molecule has 1 N–H and O–H groups in total. The number of halogens is 2. The SMILES string of the molecule is CC1(C)C(=O)NC2=C1C=C(Br)CN2c1ccc(Cl)cc1. The summed E-state index contributed by atoms with van der Waals surface area (Å²) < 4.78 is 1.05. The van der Waals surface area contributed by atoms with Gasteiger partial charge in [-0.05, 0) is 44.2 Å². The van der Waals surface area contributed by atoms with Crippen molar-refractivity contribution < 1.29 is 4.79 Å². The van der Waals surface area contributed by atoms with Gasteiger partial charge in [0.25, 0.3) is 0 Å². The van der Waals surface area contributed by atoms with E-state index in [0.717, 1.165) is 21.6 Å². The number of nitrogens with zero attached hydrogens (tertiary/aromatic N) is 1. The summed E-state index contributed by atoms with van der Waals surface area (Å²) in [5.41, 5.74) is 1.50. The maximum absolute atomic E-state index is 12.2. The molecule has 104 valence electrons. The number of benzene rings is 1. The third kappa shape index (κ3) is 2.07. The molecule has 0 saturated heterocycles. The summed E-state index contributed by atoms with van der Waals surface area (Å²) >= 11 is 9.51. The molecule has 0 bridgehead atoms. The van der Waals surface area contributed by atoms with Crippen LogP contribution >= 0.6 is 27.5 Å². The number of allylic oxidation sites excluding steroid dienone is 1. The van der Waals surface area contributed by atoms with E-state index < -0.39 is 5.41 Å². The molecule has 2 aliphatic rings. The molecule has 0 radical (unpaired) electrons. The van der Waals surface area contributed by atoms with Gasteiger partial charge in [0.05, 0.1) is 12.0 Å². The molecule has 0 aliphatic carbocycles. The minimum absolute atomic E-state index is 0.0277. The van der Waals surface area contributed by atoms with Crippen LogP contribution in [0.1, 0.15) is 13.8 Å². The fourth-order valence-electron chi connectivity index (χ4n) is 2.48. The van der Waals surface area contributed by atoms with Gasteiger partial charge in [-0.25, -0.2) is 0 Å². The molecular formula is C15H14BrClN2O. The fourth-order valence-corrected chi connectivity index (χ4v) is 3.09. The van der Waals surface area contributed by atoms with Gasteiger partial charge in [-0.1, -0.05) is 27.5 Å². The van der Waals surface area contributed by atoms with Crippen LogP contribution in [-0.4, -0.2) is 12.5 Å². The Morgan fingerprint density at radius 3 is 2.60 bits per heavy atom. The fraction of sp³-hybridized carbons (Fsp3) is 0.267. The van der Waals surface area contributed by atoms with Crippen molar-refractivity contribution in [3.63, 3.8) is 0 Å². The van der Waals surface area contributed by atoms with Crippen molar-refractivity contribution in [2.24, 2.45) is 5.41 Å². The van der Waals surface area contributed by atoms with Gasteiger partial charge >= 0.3 is 0 Å². The standard InChI is InChI=1S/C15H14BrClN2O/c1-15(2)12-7-9(16)8-19(13(12)18-14(15)20)11-5-3-10(17)4-6-11/h3-7H,8H2,1-2H3,(H,18,20). The molecule has 1 aromatic rings. The third-order valence-corrected chi connectivity index (χ3v) is 4.48. The Bertz CT molecular complexity index is 646. The Morgan fingerprint density at radius 2 is 1.95 bits per heavy atom. The number of anilines is 1. The summed E-state index contributed by atoms with van der Waals surface area (Å²) in [5, 5.41) is 3.70. The van der Waals surface area contributed by atoms with Gasteiger partial charge in [0.1, 0.15) is 5.82 Å². The summed E-state index contributed by atoms with van der Waals surface area (Å²) in [6.07, 6.45) is 2.04. The summed E-state index contributed by atoms with van der Waals surface area (Å²) in [5.74, 6) is 0.894. The van der Waals surface area contributed by atoms with Crippen LogP contribution in [0.4, 0.5) is 5.69 Å². The van der Waals surface area contributed by atoms with Crippen LogP contribution in [0.2, 0.25) is 5.02 Å². The number of amides is 1. The molecule has 20 heavy (non-hydrogen) atoms. The van der Waals surface area contributed by atoms with E-state index in [1.165, 1.54) is 0 Å². The van der Waals surface area contributed by atoms with E-state index in [1.807, 2.05) is 44.2 Å². The van der Waals surface area contributed by atoms with E-state index in [0.29, 0.717) is 11.6 Å². The number of rotatable bonds is 1. The van der Waals surface area contributed by atoms with E-state index in [2.05, 4.69) is 26.1 Å². The first-order valence-corrected chi connectivity index (χ1v) is 7.52. The summed E-state index contributed by atoms with van der Waals surface area (Å²) in [6, 6.07) is 7.61. The molecule has 0 saturated carbocycles. The smallest absolute Gasteiger partial charge is 0.235 e. The first-order valence-electron chi connectivity index (χ1n) is 6.35. The van der Waals surface area contributed by atoms with Crippen LogP contribution in [0.5, 0.6) is 0 Å². The molecule has 2 aliphatic heterocycles. The molecule has 0 atom stereocenters. The number of nitrogens with one attached hydrogen (secondary N) is 1. The van der Waals surface area contributed by atoms with Gasteiger partial charge in [0.2, 0.25) is 5.91 Å². The lowest BCUT2D eigenvalue weighted by Crippen LogP contribution is -2.34. The molecule has 0 spiro atoms. The first-order chi connectivity index (χ1) is 9.39. The minimum Gasteiger partial charge on any atom is -0.323 e. The van der Waals surface area contributed by atoms with Crippen LogP contribution in [0, 0.1) is 5.41 Å². The Balaban J connectivity index is 2.08. The normalized spacial score (nSPS) is 20.7. The van der Waals surface area contributed by atoms with Crippen LogP contribution in [0.25, 0.3) is 0 Å². The number of carbonyl (C=O) groups excluding carboxylic acids is 1. The van der Waals surface area contributed by atoms with Crippen molar-refractivity contribution in [1.29, 1.82) is 0 Å². The van der Waals surface area contributed by atoms with Crippen LogP contribution in [0.15, 0.2) is 46.2 Å².